The number of carboxylic acids is 1. The van der Waals surface area contributed by atoms with Gasteiger partial charge in [0.2, 0.25) is 5.28 Å². The number of aliphatic carboxylic acids is 1. The van der Waals surface area contributed by atoms with Crippen LogP contribution in [0, 0.1) is 5.21 Å². The van der Waals surface area contributed by atoms with Crippen LogP contribution in [0.4, 0.5) is 4.79 Å². The maximum absolute atomic E-state index is 11.4. The van der Waals surface area contributed by atoms with E-state index >= 15 is 0 Å². The Labute approximate surface area is 115 Å². The molecule has 0 aromatic heterocycles. The highest BCUT2D eigenvalue weighted by molar-refractivity contribution is 5.74. The van der Waals surface area contributed by atoms with Crippen LogP contribution in [0.5, 0.6) is 0 Å². The molecule has 20 heavy (non-hydrogen) atoms. The summed E-state index contributed by atoms with van der Waals surface area (Å²) in [6.07, 6.45) is -2.08. The van der Waals surface area contributed by atoms with E-state index in [0.29, 0.717) is 6.42 Å². The zero-order chi connectivity index (χ0) is 15.3. The molecular weight excluding hydrogens is 274 g/mol. The highest BCUT2D eigenvalue weighted by atomic mass is 16.8. The molecule has 1 saturated heterocycles. The molecule has 0 spiro atoms. The fourth-order valence-corrected chi connectivity index (χ4v) is 1.36. The van der Waals surface area contributed by atoms with Crippen molar-refractivity contribution in [3.8, 4) is 0 Å². The maximum atomic E-state index is 11.4. The van der Waals surface area contributed by atoms with E-state index < -0.39 is 24.5 Å². The van der Waals surface area contributed by atoms with Crippen molar-refractivity contribution in [2.24, 2.45) is 5.28 Å². The van der Waals surface area contributed by atoms with Gasteiger partial charge in [-0.25, -0.2) is 9.59 Å². The molecule has 0 aromatic rings. The molecule has 1 unspecified atom stereocenters. The summed E-state index contributed by atoms with van der Waals surface area (Å²) < 4.78 is 9.33. The topological polar surface area (TPSA) is 124 Å². The highest BCUT2D eigenvalue weighted by Gasteiger charge is 2.41. The van der Waals surface area contributed by atoms with Gasteiger partial charge in [0.15, 0.2) is 6.04 Å². The van der Waals surface area contributed by atoms with Gasteiger partial charge in [-0.15, -0.1) is 5.01 Å². The Morgan fingerprint density at radius 1 is 1.40 bits per heavy atom. The molecule has 0 radical (unpaired) electrons. The molecule has 1 heterocycles. The fourth-order valence-electron chi connectivity index (χ4n) is 1.36. The molecule has 0 aliphatic carbocycles. The first-order valence-electron chi connectivity index (χ1n) is 6.02. The van der Waals surface area contributed by atoms with Gasteiger partial charge in [0, 0.05) is 13.3 Å². The SMILES string of the molecule is CC(C)OC(=O)OC(C)ON=[N+]([O-])N1CC[C@H]1C(=O)O. The first kappa shape index (κ1) is 15.8. The standard InChI is InChI=1S/C10H17N3O7/c1-6(2)18-10(16)19-7(3)20-11-13(17)12-5-4-8(12)9(14)15/h6-8H,4-5H2,1-3H3,(H,14,15)/t7?,8-/m0/s1. The minimum Gasteiger partial charge on any atom is -0.569 e. The van der Waals surface area contributed by atoms with Gasteiger partial charge in [-0.05, 0) is 13.8 Å². The second-order valence-electron chi connectivity index (χ2n) is 4.35. The number of hydrogen-bond donors (Lipinski definition) is 1. The van der Waals surface area contributed by atoms with Crippen LogP contribution in [0.15, 0.2) is 5.28 Å². The Morgan fingerprint density at radius 3 is 2.50 bits per heavy atom. The van der Waals surface area contributed by atoms with Gasteiger partial charge in [-0.1, -0.05) is 0 Å². The van der Waals surface area contributed by atoms with E-state index in [1.165, 1.54) is 6.92 Å². The number of hydrogen-bond acceptors (Lipinski definition) is 7. The van der Waals surface area contributed by atoms with E-state index in [4.69, 9.17) is 9.84 Å². The Bertz CT molecular complexity index is 398. The second kappa shape index (κ2) is 6.78. The summed E-state index contributed by atoms with van der Waals surface area (Å²) in [5, 5.41) is 24.3. The largest absolute Gasteiger partial charge is 0.569 e. The Morgan fingerprint density at radius 2 is 2.05 bits per heavy atom. The van der Waals surface area contributed by atoms with Crippen LogP contribution >= 0.6 is 0 Å². The van der Waals surface area contributed by atoms with Gasteiger partial charge in [-0.2, -0.15) is 0 Å². The Kier molecular flexibility index (Phi) is 5.35. The molecule has 1 fully saturated rings. The summed E-state index contributed by atoms with van der Waals surface area (Å²) in [7, 11) is 0. The summed E-state index contributed by atoms with van der Waals surface area (Å²) in [6, 6.07) is -0.915. The molecule has 1 N–H and O–H groups in total. The van der Waals surface area contributed by atoms with E-state index in [0.717, 1.165) is 5.01 Å². The number of rotatable bonds is 6. The van der Waals surface area contributed by atoms with Crippen molar-refractivity contribution in [1.29, 1.82) is 0 Å². The molecule has 0 aromatic carbocycles. The van der Waals surface area contributed by atoms with E-state index in [1.807, 2.05) is 0 Å². The molecule has 0 saturated carbocycles. The number of carbonyl (C=O) groups is 2. The molecule has 0 bridgehead atoms. The normalized spacial score (nSPS) is 20.1. The van der Waals surface area contributed by atoms with Crippen molar-refractivity contribution in [2.45, 2.75) is 45.6 Å². The molecule has 2 atom stereocenters. The van der Waals surface area contributed by atoms with Crippen molar-refractivity contribution in [1.82, 2.24) is 5.01 Å². The lowest BCUT2D eigenvalue weighted by molar-refractivity contribution is -0.730. The second-order valence-corrected chi connectivity index (χ2v) is 4.35. The zero-order valence-electron chi connectivity index (χ0n) is 11.4. The van der Waals surface area contributed by atoms with Crippen molar-refractivity contribution < 1.29 is 34.0 Å². The molecule has 1 aliphatic rings. The van der Waals surface area contributed by atoms with Gasteiger partial charge in [0.25, 0.3) is 6.29 Å². The minimum atomic E-state index is -1.14. The number of ether oxygens (including phenoxy) is 2. The molecule has 10 nitrogen and oxygen atoms in total. The van der Waals surface area contributed by atoms with Crippen LogP contribution in [-0.4, -0.2) is 52.2 Å². The first-order valence-corrected chi connectivity index (χ1v) is 6.02. The Balaban J connectivity index is 2.39. The lowest BCUT2D eigenvalue weighted by Gasteiger charge is -2.32. The molecule has 0 amide bonds. The van der Waals surface area contributed by atoms with Crippen molar-refractivity contribution in [3.63, 3.8) is 0 Å². The van der Waals surface area contributed by atoms with Crippen LogP contribution in [0.3, 0.4) is 0 Å². The van der Waals surface area contributed by atoms with Crippen LogP contribution in [0.2, 0.25) is 0 Å². The monoisotopic (exact) mass is 291 g/mol. The predicted octanol–water partition coefficient (Wildman–Crippen LogP) is 0.862. The summed E-state index contributed by atoms with van der Waals surface area (Å²) in [5.74, 6) is -1.11. The Hall–Kier alpha value is -2.26. The molecule has 114 valence electrons. The number of carbonyl (C=O) groups excluding carboxylic acids is 1. The third-order valence-corrected chi connectivity index (χ3v) is 2.36. The van der Waals surface area contributed by atoms with Gasteiger partial charge < -0.3 is 19.8 Å². The molecule has 1 rings (SSSR count). The summed E-state index contributed by atoms with van der Waals surface area (Å²) in [5.41, 5.74) is 0. The smallest absolute Gasteiger partial charge is 0.511 e. The zero-order valence-corrected chi connectivity index (χ0v) is 11.4. The van der Waals surface area contributed by atoms with Crippen molar-refractivity contribution in [2.75, 3.05) is 6.54 Å². The van der Waals surface area contributed by atoms with E-state index in [2.05, 4.69) is 14.9 Å². The molecule has 1 aliphatic heterocycles. The van der Waals surface area contributed by atoms with Crippen LogP contribution in [0.1, 0.15) is 27.2 Å². The number of nitrogens with zero attached hydrogens (tertiary/aromatic N) is 3. The predicted molar refractivity (Wildman–Crippen MR) is 62.1 cm³/mol. The lowest BCUT2D eigenvalue weighted by Crippen LogP contribution is -2.55. The average Bonchev–Trinajstić information content (AvgIpc) is 2.22. The summed E-state index contributed by atoms with van der Waals surface area (Å²) in [6.45, 7) is 4.89. The summed E-state index contributed by atoms with van der Waals surface area (Å²) >= 11 is 0. The van der Waals surface area contributed by atoms with Gasteiger partial charge in [0.1, 0.15) is 0 Å². The van der Waals surface area contributed by atoms with Gasteiger partial charge in [0.05, 0.1) is 17.6 Å². The molecule has 10 heteroatoms. The van der Waals surface area contributed by atoms with Crippen LogP contribution < -0.4 is 0 Å². The van der Waals surface area contributed by atoms with Gasteiger partial charge >= 0.3 is 12.1 Å². The third kappa shape index (κ3) is 4.44. The molecular formula is C10H17N3O7. The van der Waals surface area contributed by atoms with Crippen LogP contribution in [0.25, 0.3) is 0 Å². The fraction of sp³-hybridized carbons (Fsp3) is 0.800. The van der Waals surface area contributed by atoms with Crippen molar-refractivity contribution in [3.05, 3.63) is 5.21 Å². The van der Waals surface area contributed by atoms with E-state index in [9.17, 15) is 14.8 Å². The minimum absolute atomic E-state index is 0.0237. The number of hydrazine groups is 1. The highest BCUT2D eigenvalue weighted by Crippen LogP contribution is 2.17. The lowest BCUT2D eigenvalue weighted by atomic mass is 10.1. The first-order chi connectivity index (χ1) is 9.31. The number of carboxylic acid groups (broad SMARTS) is 1. The third-order valence-electron chi connectivity index (χ3n) is 2.36. The quantitative estimate of drug-likeness (QED) is 0.251. The van der Waals surface area contributed by atoms with Crippen LogP contribution in [-0.2, 0) is 19.1 Å². The van der Waals surface area contributed by atoms with E-state index in [-0.39, 0.29) is 17.6 Å². The van der Waals surface area contributed by atoms with Crippen molar-refractivity contribution >= 4 is 12.1 Å². The summed E-state index contributed by atoms with van der Waals surface area (Å²) in [4.78, 5) is 26.5. The van der Waals surface area contributed by atoms with E-state index in [1.54, 1.807) is 13.8 Å². The maximum Gasteiger partial charge on any atom is 0.511 e. The average molecular weight is 291 g/mol. The van der Waals surface area contributed by atoms with Gasteiger partial charge in [-0.3, -0.25) is 4.84 Å².